The van der Waals surface area contributed by atoms with Crippen LogP contribution in [0, 0.1) is 6.92 Å². The lowest BCUT2D eigenvalue weighted by molar-refractivity contribution is 0.415. The summed E-state index contributed by atoms with van der Waals surface area (Å²) in [5.74, 6) is 0.867. The van der Waals surface area contributed by atoms with E-state index in [1.54, 1.807) is 29.8 Å². The van der Waals surface area contributed by atoms with Crippen LogP contribution in [0.4, 0.5) is 5.13 Å². The van der Waals surface area contributed by atoms with Gasteiger partial charge in [0.1, 0.15) is 5.75 Å². The fourth-order valence-electron chi connectivity index (χ4n) is 1.90. The first-order chi connectivity index (χ1) is 9.74. The van der Waals surface area contributed by atoms with E-state index in [0.717, 1.165) is 44.8 Å². The Morgan fingerprint density at radius 1 is 1.30 bits per heavy atom. The van der Waals surface area contributed by atoms with E-state index >= 15 is 0 Å². The van der Waals surface area contributed by atoms with Crippen LogP contribution in [0.5, 0.6) is 5.75 Å². The molecule has 0 atom stereocenters. The lowest BCUT2D eigenvalue weighted by Crippen LogP contribution is -2.04. The predicted molar refractivity (Wildman–Crippen MR) is 85.2 cm³/mol. The highest BCUT2D eigenvalue weighted by molar-refractivity contribution is 7.22. The van der Waals surface area contributed by atoms with Crippen molar-refractivity contribution in [1.82, 2.24) is 9.97 Å². The number of aromatic nitrogens is 2. The number of hydrogen-bond acceptors (Lipinski definition) is 6. The summed E-state index contributed by atoms with van der Waals surface area (Å²) < 4.78 is 6.36. The van der Waals surface area contributed by atoms with Crippen LogP contribution in [-0.4, -0.2) is 23.6 Å². The predicted octanol–water partition coefficient (Wildman–Crippen LogP) is 3.72. The largest absolute Gasteiger partial charge is 0.497 e. The third-order valence-electron chi connectivity index (χ3n) is 2.88. The van der Waals surface area contributed by atoms with Crippen LogP contribution in [0.2, 0.25) is 0 Å². The number of benzene rings is 1. The fourth-order valence-corrected chi connectivity index (χ4v) is 3.60. The molecule has 0 amide bonds. The first-order valence-electron chi connectivity index (χ1n) is 6.34. The summed E-state index contributed by atoms with van der Waals surface area (Å²) in [6, 6.07) is 5.94. The van der Waals surface area contributed by atoms with Gasteiger partial charge in [0.15, 0.2) is 5.13 Å². The van der Waals surface area contributed by atoms with Gasteiger partial charge in [-0.25, -0.2) is 9.97 Å². The highest BCUT2D eigenvalue weighted by atomic mass is 32.1. The van der Waals surface area contributed by atoms with Gasteiger partial charge in [0.25, 0.3) is 0 Å². The molecule has 1 aromatic carbocycles. The minimum absolute atomic E-state index is 0.851. The lowest BCUT2D eigenvalue weighted by Gasteiger charge is -1.99. The molecule has 3 rings (SSSR count). The fraction of sp³-hybridized carbons (Fsp3) is 0.286. The van der Waals surface area contributed by atoms with E-state index in [-0.39, 0.29) is 0 Å². The summed E-state index contributed by atoms with van der Waals surface area (Å²) in [6.07, 6.45) is 0.928. The molecular formula is C14H15N3OS2. The molecule has 6 heteroatoms. The van der Waals surface area contributed by atoms with Crippen molar-refractivity contribution in [2.24, 2.45) is 0 Å². The molecule has 0 aliphatic heterocycles. The van der Waals surface area contributed by atoms with Gasteiger partial charge in [0.05, 0.1) is 22.3 Å². The number of thiazole rings is 2. The molecule has 1 N–H and O–H groups in total. The van der Waals surface area contributed by atoms with Crippen LogP contribution >= 0.6 is 22.7 Å². The molecule has 0 unspecified atom stereocenters. The van der Waals surface area contributed by atoms with Crippen molar-refractivity contribution in [3.05, 3.63) is 34.3 Å². The van der Waals surface area contributed by atoms with Gasteiger partial charge in [-0.15, -0.1) is 11.3 Å². The summed E-state index contributed by atoms with van der Waals surface area (Å²) in [7, 11) is 1.68. The van der Waals surface area contributed by atoms with E-state index in [0.29, 0.717) is 0 Å². The molecule has 3 aromatic rings. The monoisotopic (exact) mass is 305 g/mol. The number of nitrogens with one attached hydrogen (secondary N) is 1. The van der Waals surface area contributed by atoms with E-state index in [1.165, 1.54) is 0 Å². The number of nitrogens with zero attached hydrogens (tertiary/aromatic N) is 2. The number of rotatable bonds is 5. The molecule has 2 heterocycles. The van der Waals surface area contributed by atoms with Crippen molar-refractivity contribution in [3.63, 3.8) is 0 Å². The van der Waals surface area contributed by atoms with Crippen molar-refractivity contribution >= 4 is 38.0 Å². The topological polar surface area (TPSA) is 47.0 Å². The smallest absolute Gasteiger partial charge is 0.183 e. The third-order valence-corrected chi connectivity index (χ3v) is 4.88. The van der Waals surface area contributed by atoms with E-state index in [9.17, 15) is 0 Å². The van der Waals surface area contributed by atoms with Crippen molar-refractivity contribution in [2.75, 3.05) is 19.0 Å². The Morgan fingerprint density at radius 2 is 2.20 bits per heavy atom. The van der Waals surface area contributed by atoms with Crippen LogP contribution in [0.3, 0.4) is 0 Å². The zero-order chi connectivity index (χ0) is 13.9. The Balaban J connectivity index is 1.65. The zero-order valence-corrected chi connectivity index (χ0v) is 13.0. The molecule has 0 fully saturated rings. The van der Waals surface area contributed by atoms with E-state index in [1.807, 2.05) is 25.1 Å². The summed E-state index contributed by atoms with van der Waals surface area (Å²) in [5, 5.41) is 7.56. The number of hydrogen-bond donors (Lipinski definition) is 1. The molecule has 0 saturated heterocycles. The molecule has 0 spiro atoms. The summed E-state index contributed by atoms with van der Waals surface area (Å²) in [6.45, 7) is 2.87. The SMILES string of the molecule is COc1ccc2nc(NCCc3nc(C)cs3)sc2c1. The molecule has 0 aliphatic rings. The Bertz CT molecular complexity index is 720. The number of methoxy groups -OCH3 is 1. The molecule has 2 aromatic heterocycles. The maximum Gasteiger partial charge on any atom is 0.183 e. The number of ether oxygens (including phenoxy) is 1. The third kappa shape index (κ3) is 2.91. The molecule has 104 valence electrons. The van der Waals surface area contributed by atoms with E-state index in [2.05, 4.69) is 20.7 Å². The number of anilines is 1. The van der Waals surface area contributed by atoms with Gasteiger partial charge in [-0.2, -0.15) is 0 Å². The van der Waals surface area contributed by atoms with Crippen molar-refractivity contribution in [1.29, 1.82) is 0 Å². The maximum absolute atomic E-state index is 5.22. The van der Waals surface area contributed by atoms with Gasteiger partial charge >= 0.3 is 0 Å². The summed E-state index contributed by atoms with van der Waals surface area (Å²) in [5.41, 5.74) is 2.10. The van der Waals surface area contributed by atoms with Crippen LogP contribution in [-0.2, 0) is 6.42 Å². The van der Waals surface area contributed by atoms with Crippen molar-refractivity contribution < 1.29 is 4.74 Å². The zero-order valence-electron chi connectivity index (χ0n) is 11.3. The average Bonchev–Trinajstić information content (AvgIpc) is 3.03. The summed E-state index contributed by atoms with van der Waals surface area (Å²) >= 11 is 3.36. The Labute approximate surface area is 125 Å². The second kappa shape index (κ2) is 5.76. The van der Waals surface area contributed by atoms with Crippen molar-refractivity contribution in [2.45, 2.75) is 13.3 Å². The minimum Gasteiger partial charge on any atom is -0.497 e. The van der Waals surface area contributed by atoms with Gasteiger partial charge in [-0.1, -0.05) is 11.3 Å². The highest BCUT2D eigenvalue weighted by Gasteiger charge is 2.05. The van der Waals surface area contributed by atoms with Crippen LogP contribution in [0.15, 0.2) is 23.6 Å². The normalized spacial score (nSPS) is 10.9. The van der Waals surface area contributed by atoms with Gasteiger partial charge in [0, 0.05) is 24.0 Å². The summed E-state index contributed by atoms with van der Waals surface area (Å²) in [4.78, 5) is 9.01. The van der Waals surface area contributed by atoms with Crippen LogP contribution in [0.1, 0.15) is 10.7 Å². The number of fused-ring (bicyclic) bond motifs is 1. The molecule has 20 heavy (non-hydrogen) atoms. The first kappa shape index (κ1) is 13.3. The highest BCUT2D eigenvalue weighted by Crippen LogP contribution is 2.29. The van der Waals surface area contributed by atoms with Gasteiger partial charge in [0.2, 0.25) is 0 Å². The maximum atomic E-state index is 5.22. The molecular weight excluding hydrogens is 290 g/mol. The molecule has 0 radical (unpaired) electrons. The number of aryl methyl sites for hydroxylation is 1. The standard InChI is InChI=1S/C14H15N3OS2/c1-9-8-19-13(16-9)5-6-15-14-17-11-4-3-10(18-2)7-12(11)20-14/h3-4,7-8H,5-6H2,1-2H3,(H,15,17). The van der Waals surface area contributed by atoms with E-state index in [4.69, 9.17) is 4.74 Å². The quantitative estimate of drug-likeness (QED) is 0.780. The first-order valence-corrected chi connectivity index (χ1v) is 8.03. The molecule has 0 saturated carbocycles. The second-order valence-corrected chi connectivity index (χ2v) is 6.39. The Hall–Kier alpha value is -1.66. The van der Waals surface area contributed by atoms with Gasteiger partial charge in [-0.3, -0.25) is 0 Å². The van der Waals surface area contributed by atoms with Crippen LogP contribution in [0.25, 0.3) is 10.2 Å². The minimum atomic E-state index is 0.851. The van der Waals surface area contributed by atoms with Crippen molar-refractivity contribution in [3.8, 4) is 5.75 Å². The average molecular weight is 305 g/mol. The molecule has 4 nitrogen and oxygen atoms in total. The Morgan fingerprint density at radius 3 is 2.95 bits per heavy atom. The van der Waals surface area contributed by atoms with Gasteiger partial charge in [-0.05, 0) is 25.1 Å². The lowest BCUT2D eigenvalue weighted by atomic mass is 10.3. The molecule has 0 aliphatic carbocycles. The Kier molecular flexibility index (Phi) is 3.84. The second-order valence-electron chi connectivity index (χ2n) is 4.41. The van der Waals surface area contributed by atoms with E-state index < -0.39 is 0 Å². The molecule has 0 bridgehead atoms. The van der Waals surface area contributed by atoms with Crippen LogP contribution < -0.4 is 10.1 Å². The van der Waals surface area contributed by atoms with Gasteiger partial charge < -0.3 is 10.1 Å².